The van der Waals surface area contributed by atoms with E-state index >= 15 is 0 Å². The van der Waals surface area contributed by atoms with Crippen LogP contribution in [0.5, 0.6) is 0 Å². The van der Waals surface area contributed by atoms with Crippen LogP contribution < -0.4 is 0 Å². The minimum absolute atomic E-state index is 0.501. The minimum atomic E-state index is 0.501. The number of hydrogen-bond donors (Lipinski definition) is 0. The lowest BCUT2D eigenvalue weighted by Crippen LogP contribution is -2.42. The summed E-state index contributed by atoms with van der Waals surface area (Å²) in [6, 6.07) is 2.92. The predicted molar refractivity (Wildman–Crippen MR) is 100 cm³/mol. The molecule has 2 rings (SSSR count). The van der Waals surface area contributed by atoms with Gasteiger partial charge in [0, 0.05) is 35.8 Å². The number of nitrogens with zero attached hydrogens (tertiary/aromatic N) is 2. The van der Waals surface area contributed by atoms with Crippen molar-refractivity contribution in [2.45, 2.75) is 79.2 Å². The van der Waals surface area contributed by atoms with Crippen molar-refractivity contribution in [1.29, 1.82) is 0 Å². The number of fused-ring (bicyclic) bond motifs is 1. The van der Waals surface area contributed by atoms with E-state index in [4.69, 9.17) is 4.98 Å². The van der Waals surface area contributed by atoms with Gasteiger partial charge in [0.15, 0.2) is 0 Å². The van der Waals surface area contributed by atoms with Crippen LogP contribution in [0, 0.1) is 18.8 Å². The third-order valence-electron chi connectivity index (χ3n) is 6.21. The molecule has 1 aliphatic heterocycles. The fourth-order valence-corrected chi connectivity index (χ4v) is 4.14. The van der Waals surface area contributed by atoms with Crippen molar-refractivity contribution in [1.82, 2.24) is 9.88 Å². The lowest BCUT2D eigenvalue weighted by Gasteiger charge is -2.41. The molecule has 1 aliphatic rings. The second-order valence-corrected chi connectivity index (χ2v) is 8.48. The summed E-state index contributed by atoms with van der Waals surface area (Å²) in [6.07, 6.45) is 0. The largest absolute Gasteiger partial charge is 0.303 e. The zero-order valence-corrected chi connectivity index (χ0v) is 16.6. The first-order valence-electron chi connectivity index (χ1n) is 9.36. The van der Waals surface area contributed by atoms with Crippen molar-refractivity contribution in [2.75, 3.05) is 13.6 Å². The quantitative estimate of drug-likeness (QED) is 0.733. The zero-order chi connectivity index (χ0) is 17.5. The number of aryl methyl sites for hydroxylation is 1. The van der Waals surface area contributed by atoms with E-state index in [1.54, 1.807) is 5.56 Å². The average molecular weight is 317 g/mol. The molecule has 2 heterocycles. The maximum Gasteiger partial charge on any atom is 0.0476 e. The van der Waals surface area contributed by atoms with Crippen LogP contribution in [-0.2, 0) is 0 Å². The number of rotatable bonds is 2. The van der Waals surface area contributed by atoms with Gasteiger partial charge >= 0.3 is 0 Å². The third kappa shape index (κ3) is 3.47. The van der Waals surface area contributed by atoms with Gasteiger partial charge in [-0.05, 0) is 55.8 Å². The first kappa shape index (κ1) is 18.4. The molecule has 0 aliphatic carbocycles. The monoisotopic (exact) mass is 316 g/mol. The molecule has 0 fully saturated rings. The molecule has 0 radical (unpaired) electrons. The third-order valence-corrected chi connectivity index (χ3v) is 6.21. The Bertz CT molecular complexity index is 547. The molecule has 0 aromatic carbocycles. The van der Waals surface area contributed by atoms with Crippen LogP contribution in [0.15, 0.2) is 6.07 Å². The molecule has 0 spiro atoms. The molecule has 0 amide bonds. The van der Waals surface area contributed by atoms with Gasteiger partial charge in [0.05, 0.1) is 0 Å². The Morgan fingerprint density at radius 2 is 1.74 bits per heavy atom. The molecule has 2 heteroatoms. The second-order valence-electron chi connectivity index (χ2n) is 8.48. The van der Waals surface area contributed by atoms with E-state index in [-0.39, 0.29) is 0 Å². The maximum absolute atomic E-state index is 5.06. The Labute approximate surface area is 143 Å². The molecule has 1 unspecified atom stereocenters. The zero-order valence-electron chi connectivity index (χ0n) is 16.6. The lowest BCUT2D eigenvalue weighted by molar-refractivity contribution is 0.153. The highest BCUT2D eigenvalue weighted by Gasteiger charge is 2.35. The SMILES string of the molecule is Cc1cc(C(C)C)c2c(n1)[C@H](C)[C@H](C)[C@H](C)N(C)CC2C(C)C. The normalized spacial score (nSPS) is 29.5. The van der Waals surface area contributed by atoms with Gasteiger partial charge < -0.3 is 4.90 Å². The van der Waals surface area contributed by atoms with Crippen LogP contribution in [0.3, 0.4) is 0 Å². The Morgan fingerprint density at radius 3 is 2.26 bits per heavy atom. The van der Waals surface area contributed by atoms with Crippen LogP contribution in [-0.4, -0.2) is 29.5 Å². The average Bonchev–Trinajstić information content (AvgIpc) is 2.48. The number of likely N-dealkylation sites (N-methyl/N-ethyl adjacent to an activating group) is 1. The van der Waals surface area contributed by atoms with E-state index in [0.29, 0.717) is 35.6 Å². The smallest absolute Gasteiger partial charge is 0.0476 e. The summed E-state index contributed by atoms with van der Waals surface area (Å²) in [5.74, 6) is 2.86. The lowest BCUT2D eigenvalue weighted by atomic mass is 9.74. The van der Waals surface area contributed by atoms with Gasteiger partial charge in [0.25, 0.3) is 0 Å². The first-order valence-corrected chi connectivity index (χ1v) is 9.36. The van der Waals surface area contributed by atoms with Crippen LogP contribution in [0.25, 0.3) is 0 Å². The van der Waals surface area contributed by atoms with Gasteiger partial charge in [-0.2, -0.15) is 0 Å². The summed E-state index contributed by atoms with van der Waals surface area (Å²) in [7, 11) is 2.30. The Kier molecular flexibility index (Phi) is 5.56. The Balaban J connectivity index is 2.73. The van der Waals surface area contributed by atoms with E-state index in [9.17, 15) is 0 Å². The minimum Gasteiger partial charge on any atom is -0.303 e. The summed E-state index contributed by atoms with van der Waals surface area (Å²) in [5.41, 5.74) is 5.63. The Morgan fingerprint density at radius 1 is 1.13 bits per heavy atom. The van der Waals surface area contributed by atoms with Crippen LogP contribution >= 0.6 is 0 Å². The van der Waals surface area contributed by atoms with Gasteiger partial charge in [-0.15, -0.1) is 0 Å². The van der Waals surface area contributed by atoms with Crippen LogP contribution in [0.1, 0.15) is 88.7 Å². The molecule has 0 saturated carbocycles. The summed E-state index contributed by atoms with van der Waals surface area (Å²) < 4.78 is 0. The number of aromatic nitrogens is 1. The second kappa shape index (κ2) is 6.93. The van der Waals surface area contributed by atoms with Gasteiger partial charge in [0.1, 0.15) is 0 Å². The van der Waals surface area contributed by atoms with Crippen molar-refractivity contribution in [3.8, 4) is 0 Å². The van der Waals surface area contributed by atoms with E-state index in [1.807, 2.05) is 0 Å². The molecule has 1 aromatic rings. The highest BCUT2D eigenvalue weighted by atomic mass is 15.1. The highest BCUT2D eigenvalue weighted by Crippen LogP contribution is 2.42. The van der Waals surface area contributed by atoms with Gasteiger partial charge in [-0.1, -0.05) is 41.5 Å². The molecule has 0 N–H and O–H groups in total. The number of pyridine rings is 1. The predicted octanol–water partition coefficient (Wildman–Crippen LogP) is 5.33. The summed E-state index contributed by atoms with van der Waals surface area (Å²) in [4.78, 5) is 7.63. The van der Waals surface area contributed by atoms with E-state index in [0.717, 1.165) is 6.54 Å². The highest BCUT2D eigenvalue weighted by molar-refractivity contribution is 5.40. The van der Waals surface area contributed by atoms with Crippen molar-refractivity contribution >= 4 is 0 Å². The van der Waals surface area contributed by atoms with E-state index < -0.39 is 0 Å². The van der Waals surface area contributed by atoms with Crippen molar-refractivity contribution in [3.05, 3.63) is 28.6 Å². The van der Waals surface area contributed by atoms with Crippen molar-refractivity contribution in [2.24, 2.45) is 11.8 Å². The van der Waals surface area contributed by atoms with Crippen molar-refractivity contribution < 1.29 is 0 Å². The van der Waals surface area contributed by atoms with E-state index in [2.05, 4.69) is 73.4 Å². The van der Waals surface area contributed by atoms with Gasteiger partial charge in [0.2, 0.25) is 0 Å². The molecule has 1 aromatic heterocycles. The topological polar surface area (TPSA) is 16.1 Å². The maximum atomic E-state index is 5.06. The molecule has 4 atom stereocenters. The fourth-order valence-electron chi connectivity index (χ4n) is 4.14. The molecule has 23 heavy (non-hydrogen) atoms. The summed E-state index contributed by atoms with van der Waals surface area (Å²) in [6.45, 7) is 19.8. The summed E-state index contributed by atoms with van der Waals surface area (Å²) >= 11 is 0. The molecule has 130 valence electrons. The van der Waals surface area contributed by atoms with Crippen LogP contribution in [0.2, 0.25) is 0 Å². The van der Waals surface area contributed by atoms with Crippen LogP contribution in [0.4, 0.5) is 0 Å². The van der Waals surface area contributed by atoms with Gasteiger partial charge in [-0.25, -0.2) is 0 Å². The Hall–Kier alpha value is -0.890. The summed E-state index contributed by atoms with van der Waals surface area (Å²) in [5, 5.41) is 0. The fraction of sp³-hybridized carbons (Fsp3) is 0.762. The molecule has 0 bridgehead atoms. The number of hydrogen-bond acceptors (Lipinski definition) is 2. The first-order chi connectivity index (χ1) is 10.6. The molecule has 0 saturated heterocycles. The standard InChI is InChI=1S/C21H36N2/c1-12(2)18-10-14(5)22-21-16(7)15(6)17(8)23(9)11-19(13(3)4)20(18)21/h10,12-13,15-17,19H,11H2,1-9H3/t15-,16+,17-,19?/m0/s1. The van der Waals surface area contributed by atoms with Crippen molar-refractivity contribution in [3.63, 3.8) is 0 Å². The molecule has 2 nitrogen and oxygen atoms in total. The molecular weight excluding hydrogens is 280 g/mol. The van der Waals surface area contributed by atoms with Gasteiger partial charge in [-0.3, -0.25) is 4.98 Å². The molecular formula is C21H36N2. The van der Waals surface area contributed by atoms with E-state index in [1.165, 1.54) is 17.0 Å².